The summed E-state index contributed by atoms with van der Waals surface area (Å²) < 4.78 is 0. The third-order valence-electron chi connectivity index (χ3n) is 5.39. The van der Waals surface area contributed by atoms with Crippen LogP contribution < -0.4 is 0 Å². The molecule has 0 spiro atoms. The molecular weight excluding hydrogens is 388 g/mol. The van der Waals surface area contributed by atoms with Gasteiger partial charge < -0.3 is 0 Å². The molecular formula is C25H39BNO2P. The predicted molar refractivity (Wildman–Crippen MR) is 136 cm³/mol. The van der Waals surface area contributed by atoms with Crippen LogP contribution >= 0.6 is 7.92 Å². The molecule has 5 heteroatoms. The molecule has 164 valence electrons. The average molecular weight is 427 g/mol. The summed E-state index contributed by atoms with van der Waals surface area (Å²) >= 11 is 0. The Morgan fingerprint density at radius 2 is 1.23 bits per heavy atom. The molecule has 0 aliphatic rings. The minimum atomic E-state index is -0.378. The van der Waals surface area contributed by atoms with Gasteiger partial charge in [-0.2, -0.15) is 0 Å². The summed E-state index contributed by atoms with van der Waals surface area (Å²) in [6.45, 7) is 6.94. The smallest absolute Gasteiger partial charge is 0.258 e. The number of nitro benzene ring substituents is 1. The van der Waals surface area contributed by atoms with Crippen LogP contribution in [0.4, 0.5) is 5.69 Å². The standard InChI is InChI=1S/C13H12BNO2.C12H27P/c14-13(10-4-2-1-3-5-10)11-6-8-12(9-7-11)15(16)17;1-4-7-10-13(11-8-5-2)12-9-6-3/h1-9,13H,14H2;4-12H2,1-3H3. The Labute approximate surface area is 186 Å². The van der Waals surface area contributed by atoms with Crippen molar-refractivity contribution in [2.75, 3.05) is 18.5 Å². The molecule has 0 aliphatic carbocycles. The molecule has 0 N–H and O–H groups in total. The summed E-state index contributed by atoms with van der Waals surface area (Å²) in [4.78, 5) is 10.2. The topological polar surface area (TPSA) is 43.1 Å². The van der Waals surface area contributed by atoms with Crippen molar-refractivity contribution in [1.29, 1.82) is 0 Å². The van der Waals surface area contributed by atoms with Crippen molar-refractivity contribution in [1.82, 2.24) is 0 Å². The van der Waals surface area contributed by atoms with Gasteiger partial charge in [0.25, 0.3) is 5.69 Å². The van der Waals surface area contributed by atoms with Gasteiger partial charge in [0, 0.05) is 12.1 Å². The van der Waals surface area contributed by atoms with Crippen LogP contribution in [0, 0.1) is 10.1 Å². The number of nitrogens with zero attached hydrogens (tertiary/aromatic N) is 1. The van der Waals surface area contributed by atoms with Crippen LogP contribution in [0.25, 0.3) is 0 Å². The molecule has 0 fully saturated rings. The molecule has 3 nitrogen and oxygen atoms in total. The highest BCUT2D eigenvalue weighted by molar-refractivity contribution is 7.57. The molecule has 2 aromatic rings. The van der Waals surface area contributed by atoms with Crippen LogP contribution in [-0.2, 0) is 0 Å². The predicted octanol–water partition coefficient (Wildman–Crippen LogP) is 7.19. The second kappa shape index (κ2) is 16.1. The van der Waals surface area contributed by atoms with E-state index in [2.05, 4.69) is 40.8 Å². The molecule has 0 aromatic heterocycles. The Morgan fingerprint density at radius 3 is 1.63 bits per heavy atom. The first-order valence-corrected chi connectivity index (χ1v) is 13.4. The summed E-state index contributed by atoms with van der Waals surface area (Å²) in [6.07, 6.45) is 13.2. The van der Waals surface area contributed by atoms with Crippen molar-refractivity contribution < 1.29 is 4.92 Å². The Morgan fingerprint density at radius 1 is 0.800 bits per heavy atom. The molecule has 0 bridgehead atoms. The molecule has 0 aliphatic heterocycles. The van der Waals surface area contributed by atoms with E-state index in [0.717, 1.165) is 5.56 Å². The van der Waals surface area contributed by atoms with E-state index in [9.17, 15) is 10.1 Å². The van der Waals surface area contributed by atoms with Crippen LogP contribution in [-0.4, -0.2) is 31.3 Å². The van der Waals surface area contributed by atoms with Gasteiger partial charge in [0.15, 0.2) is 0 Å². The van der Waals surface area contributed by atoms with Gasteiger partial charge in [0.2, 0.25) is 0 Å². The van der Waals surface area contributed by atoms with Crippen LogP contribution in [0.3, 0.4) is 0 Å². The van der Waals surface area contributed by atoms with Gasteiger partial charge in [-0.15, -0.1) is 7.92 Å². The Bertz CT molecular complexity index is 675. The van der Waals surface area contributed by atoms with E-state index in [-0.39, 0.29) is 16.4 Å². The van der Waals surface area contributed by atoms with Crippen molar-refractivity contribution in [2.24, 2.45) is 0 Å². The molecule has 0 saturated heterocycles. The third-order valence-corrected chi connectivity index (χ3v) is 8.23. The van der Waals surface area contributed by atoms with Crippen LogP contribution in [0.2, 0.25) is 0 Å². The monoisotopic (exact) mass is 427 g/mol. The number of benzene rings is 2. The van der Waals surface area contributed by atoms with Gasteiger partial charge in [-0.05, 0) is 54.7 Å². The first-order valence-electron chi connectivity index (χ1n) is 11.5. The quantitative estimate of drug-likeness (QED) is 0.156. The molecule has 0 heterocycles. The van der Waals surface area contributed by atoms with Gasteiger partial charge in [0.1, 0.15) is 7.85 Å². The summed E-state index contributed by atoms with van der Waals surface area (Å²) in [5.74, 6) is 0.247. The van der Waals surface area contributed by atoms with E-state index < -0.39 is 0 Å². The van der Waals surface area contributed by atoms with Gasteiger partial charge in [0.05, 0.1) is 4.92 Å². The molecule has 0 amide bonds. The maximum Gasteiger partial charge on any atom is 0.269 e. The van der Waals surface area contributed by atoms with Crippen molar-refractivity contribution >= 4 is 21.5 Å². The lowest BCUT2D eigenvalue weighted by Crippen LogP contribution is -2.00. The Kier molecular flexibility index (Phi) is 14.1. The fourth-order valence-electron chi connectivity index (χ4n) is 3.30. The SMILES string of the molecule is BC(c1ccccc1)c1ccc([N+](=O)[O-])cc1.CCCCP(CCCC)CCCC. The number of non-ortho nitro benzene ring substituents is 1. The fourth-order valence-corrected chi connectivity index (χ4v) is 6.26. The van der Waals surface area contributed by atoms with Crippen molar-refractivity contribution in [2.45, 2.75) is 65.1 Å². The van der Waals surface area contributed by atoms with Gasteiger partial charge in [-0.25, -0.2) is 0 Å². The minimum absolute atomic E-state index is 0.133. The molecule has 0 radical (unpaired) electrons. The number of hydrogen-bond acceptors (Lipinski definition) is 2. The van der Waals surface area contributed by atoms with E-state index in [0.29, 0.717) is 7.92 Å². The summed E-state index contributed by atoms with van der Waals surface area (Å²) in [7, 11) is 2.52. The zero-order chi connectivity index (χ0) is 22.2. The molecule has 1 unspecified atom stereocenters. The highest BCUT2D eigenvalue weighted by Gasteiger charge is 2.10. The molecule has 2 rings (SSSR count). The van der Waals surface area contributed by atoms with Gasteiger partial charge >= 0.3 is 0 Å². The average Bonchev–Trinajstić information content (AvgIpc) is 2.79. The molecule has 30 heavy (non-hydrogen) atoms. The van der Waals surface area contributed by atoms with Crippen LogP contribution in [0.5, 0.6) is 0 Å². The number of rotatable bonds is 12. The number of nitro groups is 1. The Hall–Kier alpha value is -1.67. The maximum atomic E-state index is 10.6. The maximum absolute atomic E-state index is 10.6. The lowest BCUT2D eigenvalue weighted by Gasteiger charge is -2.16. The van der Waals surface area contributed by atoms with E-state index in [1.54, 1.807) is 30.6 Å². The van der Waals surface area contributed by atoms with Crippen LogP contribution in [0.1, 0.15) is 76.2 Å². The van der Waals surface area contributed by atoms with Crippen molar-refractivity contribution in [3.63, 3.8) is 0 Å². The zero-order valence-electron chi connectivity index (χ0n) is 19.3. The van der Waals surface area contributed by atoms with E-state index >= 15 is 0 Å². The van der Waals surface area contributed by atoms with E-state index in [1.165, 1.54) is 44.1 Å². The normalized spacial score (nSPS) is 11.6. The summed E-state index contributed by atoms with van der Waals surface area (Å²) in [6, 6.07) is 16.8. The number of hydrogen-bond donors (Lipinski definition) is 0. The van der Waals surface area contributed by atoms with Crippen molar-refractivity contribution in [3.8, 4) is 0 Å². The first kappa shape index (κ1) is 26.4. The number of unbranched alkanes of at least 4 members (excludes halogenated alkanes) is 3. The second-order valence-corrected chi connectivity index (χ2v) is 10.6. The molecule has 2 aromatic carbocycles. The van der Waals surface area contributed by atoms with Crippen molar-refractivity contribution in [3.05, 3.63) is 75.8 Å². The second-order valence-electron chi connectivity index (χ2n) is 7.88. The highest BCUT2D eigenvalue weighted by atomic mass is 31.1. The van der Waals surface area contributed by atoms with E-state index in [1.807, 2.05) is 30.3 Å². The largest absolute Gasteiger partial charge is 0.269 e. The first-order chi connectivity index (χ1) is 14.5. The lowest BCUT2D eigenvalue weighted by molar-refractivity contribution is -0.384. The third kappa shape index (κ3) is 10.4. The fraction of sp³-hybridized carbons (Fsp3) is 0.520. The van der Waals surface area contributed by atoms with Gasteiger partial charge in [-0.1, -0.05) is 82.5 Å². The highest BCUT2D eigenvalue weighted by Crippen LogP contribution is 2.38. The summed E-state index contributed by atoms with van der Waals surface area (Å²) in [5, 5.41) is 10.6. The molecule has 0 saturated carbocycles. The Balaban J connectivity index is 0.000000314. The van der Waals surface area contributed by atoms with Gasteiger partial charge in [-0.3, -0.25) is 10.1 Å². The zero-order valence-corrected chi connectivity index (χ0v) is 20.2. The van der Waals surface area contributed by atoms with E-state index in [4.69, 9.17) is 0 Å². The lowest BCUT2D eigenvalue weighted by atomic mass is 9.76. The summed E-state index contributed by atoms with van der Waals surface area (Å²) in [5.41, 5.74) is 2.43. The van der Waals surface area contributed by atoms with Crippen LogP contribution in [0.15, 0.2) is 54.6 Å². The molecule has 1 atom stereocenters. The minimum Gasteiger partial charge on any atom is -0.258 e.